The number of hydrogen-bond acceptors (Lipinski definition) is 10. The van der Waals surface area contributed by atoms with Crippen molar-refractivity contribution in [2.24, 2.45) is 38.4 Å². The van der Waals surface area contributed by atoms with Gasteiger partial charge in [0, 0.05) is 64.1 Å². The second-order valence-corrected chi connectivity index (χ2v) is 21.3. The largest absolute Gasteiger partial charge is 0.360 e. The lowest BCUT2D eigenvalue weighted by molar-refractivity contribution is -0.138. The molecule has 2 aromatic carbocycles. The van der Waals surface area contributed by atoms with E-state index in [2.05, 4.69) is 69.8 Å². The number of rotatable bonds is 20. The Morgan fingerprint density at radius 3 is 2.04 bits per heavy atom. The molecule has 0 saturated carbocycles. The third kappa shape index (κ3) is 16.9. The maximum absolute atomic E-state index is 14.8. The first-order valence-corrected chi connectivity index (χ1v) is 24.8. The average molecular weight is 957 g/mol. The number of thiol groups is 1. The zero-order chi connectivity index (χ0) is 50.2. The van der Waals surface area contributed by atoms with E-state index < -0.39 is 58.8 Å². The van der Waals surface area contributed by atoms with Crippen molar-refractivity contribution in [1.82, 2.24) is 36.0 Å². The van der Waals surface area contributed by atoms with Crippen LogP contribution in [0, 0.1) is 22.7 Å². The Labute approximate surface area is 411 Å². The van der Waals surface area contributed by atoms with Crippen molar-refractivity contribution in [2.45, 2.75) is 131 Å². The van der Waals surface area contributed by atoms with Crippen LogP contribution in [0.5, 0.6) is 0 Å². The smallest absolute Gasteiger partial charge is 0.244 e. The monoisotopic (exact) mass is 957 g/mol. The molecule has 0 bridgehead atoms. The summed E-state index contributed by atoms with van der Waals surface area (Å²) in [6, 6.07) is 15.5. The lowest BCUT2D eigenvalue weighted by atomic mass is 9.83. The summed E-state index contributed by atoms with van der Waals surface area (Å²) in [4.78, 5) is 85.4. The van der Waals surface area contributed by atoms with Gasteiger partial charge in [-0.3, -0.25) is 38.9 Å². The van der Waals surface area contributed by atoms with Crippen LogP contribution in [0.3, 0.4) is 0 Å². The minimum absolute atomic E-state index is 0.0201. The maximum Gasteiger partial charge on any atom is 0.244 e. The van der Waals surface area contributed by atoms with Crippen LogP contribution in [0.4, 0.5) is 0 Å². The van der Waals surface area contributed by atoms with E-state index in [1.54, 1.807) is 4.90 Å². The molecule has 374 valence electrons. The minimum Gasteiger partial charge on any atom is -0.360 e. The van der Waals surface area contributed by atoms with E-state index in [1.807, 2.05) is 109 Å². The first-order valence-electron chi connectivity index (χ1n) is 24.3. The van der Waals surface area contributed by atoms with Crippen molar-refractivity contribution in [2.75, 3.05) is 45.8 Å². The topological polar surface area (TPSA) is 194 Å². The molecule has 0 aliphatic carbocycles. The second-order valence-electron chi connectivity index (χ2n) is 21.0. The zero-order valence-electron chi connectivity index (χ0n) is 42.2. The van der Waals surface area contributed by atoms with Crippen LogP contribution in [-0.2, 0) is 30.5 Å². The molecule has 2 aromatic rings. The number of amides is 5. The normalized spacial score (nSPS) is 19.7. The fourth-order valence-corrected chi connectivity index (χ4v) is 8.53. The molecule has 15 nitrogen and oxygen atoms in total. The number of piperazine rings is 1. The second kappa shape index (κ2) is 26.1. The van der Waals surface area contributed by atoms with Crippen LogP contribution < -0.4 is 27.0 Å². The SMILES string of the molecule is CC(C)CCNC(=O)[C@@H]1[C@H](C)CCN1C(=O)CN=C(NC(C(=O)NC(C(=O)N[C@@H](C=N/C=C\S)CC(=O)N1CCN(Cc2ccccc2)CC1)[C@@H](C)c1ccccc1)C(C)(C)C)C(N)C(C)(C)C. The summed E-state index contributed by atoms with van der Waals surface area (Å²) in [5, 5.41) is 13.9. The first-order chi connectivity index (χ1) is 32.1. The van der Waals surface area contributed by atoms with E-state index in [4.69, 9.17) is 10.7 Å². The van der Waals surface area contributed by atoms with Crippen LogP contribution in [-0.4, -0.2) is 132 Å². The van der Waals surface area contributed by atoms with E-state index in [0.717, 1.165) is 31.6 Å². The average Bonchev–Trinajstić information content (AvgIpc) is 3.68. The van der Waals surface area contributed by atoms with Gasteiger partial charge < -0.3 is 36.8 Å². The molecule has 7 atom stereocenters. The van der Waals surface area contributed by atoms with Crippen molar-refractivity contribution in [3.63, 3.8) is 0 Å². The summed E-state index contributed by atoms with van der Waals surface area (Å²) in [6.45, 7) is 23.6. The third-order valence-corrected chi connectivity index (χ3v) is 13.0. The number of hydrogen-bond donors (Lipinski definition) is 6. The summed E-state index contributed by atoms with van der Waals surface area (Å²) < 4.78 is 0. The summed E-state index contributed by atoms with van der Waals surface area (Å²) >= 11 is 4.13. The summed E-state index contributed by atoms with van der Waals surface area (Å²) in [7, 11) is 0. The van der Waals surface area contributed by atoms with Gasteiger partial charge in [0.1, 0.15) is 30.5 Å². The summed E-state index contributed by atoms with van der Waals surface area (Å²) in [5.74, 6) is -1.42. The fourth-order valence-electron chi connectivity index (χ4n) is 8.45. The van der Waals surface area contributed by atoms with E-state index in [0.29, 0.717) is 38.5 Å². The Kier molecular flexibility index (Phi) is 21.3. The highest BCUT2D eigenvalue weighted by Crippen LogP contribution is 2.27. The van der Waals surface area contributed by atoms with Gasteiger partial charge in [0.2, 0.25) is 29.5 Å². The molecule has 2 aliphatic heterocycles. The number of benzene rings is 2. The molecular formula is C52H80N10O5S. The number of aliphatic imine (C=N–C) groups is 2. The molecule has 16 heteroatoms. The van der Waals surface area contributed by atoms with Gasteiger partial charge >= 0.3 is 0 Å². The highest BCUT2D eigenvalue weighted by molar-refractivity contribution is 7.83. The van der Waals surface area contributed by atoms with Crippen molar-refractivity contribution < 1.29 is 24.0 Å². The lowest BCUT2D eigenvalue weighted by Crippen LogP contribution is -2.62. The van der Waals surface area contributed by atoms with E-state index in [9.17, 15) is 24.0 Å². The highest BCUT2D eigenvalue weighted by Gasteiger charge is 2.41. The molecule has 5 amide bonds. The van der Waals surface area contributed by atoms with E-state index in [-0.39, 0.29) is 42.4 Å². The van der Waals surface area contributed by atoms with Gasteiger partial charge in [0.15, 0.2) is 0 Å². The van der Waals surface area contributed by atoms with E-state index in [1.165, 1.54) is 23.4 Å². The lowest BCUT2D eigenvalue weighted by Gasteiger charge is -2.37. The molecule has 68 heavy (non-hydrogen) atoms. The molecule has 0 aromatic heterocycles. The Morgan fingerprint density at radius 2 is 1.46 bits per heavy atom. The van der Waals surface area contributed by atoms with Crippen molar-refractivity contribution in [3.05, 3.63) is 83.4 Å². The van der Waals surface area contributed by atoms with Crippen molar-refractivity contribution in [3.8, 4) is 0 Å². The standard InChI is InChI=1S/C52H80N10O5S/c1-35(2)21-23-55-49(66)44-36(3)22-25-62(44)42(64)33-56-47(45(53)51(5,6)7)59-46(52(8,9)10)50(67)58-43(37(4)39-19-15-12-16-20-39)48(65)57-40(32-54-24-30-68)31-41(63)61-28-26-60(27-29-61)34-38-17-13-11-14-18-38/h11-20,24,30,32,35-37,40,43-46,68H,21-23,25-29,31,33-34,53H2,1-10H3,(H,55,66)(H,56,59)(H,57,65)(H,58,67)/b30-24-,54-32?/t36-,37+,40-,43?,44+,45?,46?/m1/s1. The molecular weight excluding hydrogens is 877 g/mol. The van der Waals surface area contributed by atoms with Crippen LogP contribution in [0.15, 0.2) is 82.3 Å². The quantitative estimate of drug-likeness (QED) is 0.0597. The van der Waals surface area contributed by atoms with Gasteiger partial charge in [-0.05, 0) is 52.0 Å². The molecule has 2 fully saturated rings. The van der Waals surface area contributed by atoms with Crippen LogP contribution >= 0.6 is 12.6 Å². The Hall–Kier alpha value is -5.06. The van der Waals surface area contributed by atoms with Gasteiger partial charge in [-0.25, -0.2) is 0 Å². The molecule has 2 heterocycles. The Morgan fingerprint density at radius 1 is 0.824 bits per heavy atom. The number of nitrogens with one attached hydrogen (secondary N) is 4. The zero-order valence-corrected chi connectivity index (χ0v) is 43.1. The van der Waals surface area contributed by atoms with Crippen LogP contribution in [0.2, 0.25) is 0 Å². The minimum atomic E-state index is -1.09. The van der Waals surface area contributed by atoms with Crippen molar-refractivity contribution in [1.29, 1.82) is 0 Å². The summed E-state index contributed by atoms with van der Waals surface area (Å²) in [5.41, 5.74) is 7.63. The first kappa shape index (κ1) is 55.5. The predicted molar refractivity (Wildman–Crippen MR) is 276 cm³/mol. The Bertz CT molecular complexity index is 2040. The maximum atomic E-state index is 14.8. The number of likely N-dealkylation sites (tertiary alicyclic amines) is 1. The number of nitrogens with two attached hydrogens (primary N) is 1. The Balaban J connectivity index is 1.57. The fraction of sp³-hybridized carbons (Fsp3) is 0.596. The van der Waals surface area contributed by atoms with Gasteiger partial charge in [0.25, 0.3) is 0 Å². The van der Waals surface area contributed by atoms with Crippen molar-refractivity contribution >= 4 is 54.2 Å². The molecule has 0 radical (unpaired) electrons. The number of nitrogens with zero attached hydrogens (tertiary/aromatic N) is 5. The molecule has 6 N–H and O–H groups in total. The molecule has 2 aliphatic rings. The van der Waals surface area contributed by atoms with Gasteiger partial charge in [-0.15, -0.1) is 12.6 Å². The van der Waals surface area contributed by atoms with Gasteiger partial charge in [0.05, 0.1) is 18.5 Å². The van der Waals surface area contributed by atoms with Gasteiger partial charge in [-0.1, -0.05) is 130 Å². The van der Waals surface area contributed by atoms with E-state index >= 15 is 0 Å². The van der Waals surface area contributed by atoms with Gasteiger partial charge in [-0.2, -0.15) is 0 Å². The highest BCUT2D eigenvalue weighted by atomic mass is 32.1. The number of carbonyl (C=O) groups is 5. The molecule has 3 unspecified atom stereocenters. The number of amidine groups is 1. The predicted octanol–water partition coefficient (Wildman–Crippen LogP) is 5.14. The van der Waals surface area contributed by atoms with Crippen LogP contribution in [0.1, 0.15) is 106 Å². The molecule has 2 saturated heterocycles. The third-order valence-electron chi connectivity index (χ3n) is 12.9. The van der Waals surface area contributed by atoms with Crippen LogP contribution in [0.25, 0.3) is 0 Å². The molecule has 4 rings (SSSR count). The number of carbonyl (C=O) groups excluding carboxylic acids is 5. The molecule has 0 spiro atoms. The summed E-state index contributed by atoms with van der Waals surface area (Å²) in [6.07, 6.45) is 4.47.